The molecule has 0 aliphatic rings. The van der Waals surface area contributed by atoms with Crippen molar-refractivity contribution in [2.24, 2.45) is 29.1 Å². The van der Waals surface area contributed by atoms with Crippen LogP contribution in [0.3, 0.4) is 0 Å². The van der Waals surface area contributed by atoms with Crippen molar-refractivity contribution in [2.75, 3.05) is 0 Å². The fraction of sp³-hybridized carbons (Fsp3) is 1.00. The lowest BCUT2D eigenvalue weighted by Gasteiger charge is -2.38. The molecule has 0 bridgehead atoms. The van der Waals surface area contributed by atoms with E-state index in [0.717, 1.165) is 23.7 Å². The Kier molecular flexibility index (Phi) is 5.92. The lowest BCUT2D eigenvalue weighted by Crippen LogP contribution is -2.29. The van der Waals surface area contributed by atoms with Crippen LogP contribution in [-0.2, 0) is 0 Å². The summed E-state index contributed by atoms with van der Waals surface area (Å²) in [5.74, 6) is 3.32. The van der Waals surface area contributed by atoms with Crippen molar-refractivity contribution >= 4 is 0 Å². The Morgan fingerprint density at radius 2 is 1.33 bits per heavy atom. The van der Waals surface area contributed by atoms with Crippen LogP contribution in [0.2, 0.25) is 0 Å². The van der Waals surface area contributed by atoms with Crippen LogP contribution in [0.25, 0.3) is 0 Å². The first-order valence-corrected chi connectivity index (χ1v) is 6.72. The van der Waals surface area contributed by atoms with E-state index in [1.165, 1.54) is 12.8 Å². The summed E-state index contributed by atoms with van der Waals surface area (Å²) in [7, 11) is 0. The molecular weight excluding hydrogens is 180 g/mol. The van der Waals surface area contributed by atoms with Crippen LogP contribution in [0.1, 0.15) is 68.2 Å². The van der Waals surface area contributed by atoms with Gasteiger partial charge in [0.05, 0.1) is 0 Å². The summed E-state index contributed by atoms with van der Waals surface area (Å²) >= 11 is 0. The highest BCUT2D eigenvalue weighted by Crippen LogP contribution is 2.40. The average molecular weight is 212 g/mol. The highest BCUT2D eigenvalue weighted by molar-refractivity contribution is 4.81. The van der Waals surface area contributed by atoms with Gasteiger partial charge >= 0.3 is 0 Å². The van der Waals surface area contributed by atoms with E-state index in [2.05, 4.69) is 55.4 Å². The van der Waals surface area contributed by atoms with Gasteiger partial charge in [0.2, 0.25) is 0 Å². The van der Waals surface area contributed by atoms with Crippen molar-refractivity contribution in [3.63, 3.8) is 0 Å². The normalized spacial score (nSPS) is 19.0. The van der Waals surface area contributed by atoms with Gasteiger partial charge in [0, 0.05) is 0 Å². The molecule has 3 atom stereocenters. The second kappa shape index (κ2) is 5.92. The summed E-state index contributed by atoms with van der Waals surface area (Å²) in [4.78, 5) is 0. The van der Waals surface area contributed by atoms with Gasteiger partial charge < -0.3 is 0 Å². The van der Waals surface area contributed by atoms with Gasteiger partial charge in [-0.15, -0.1) is 0 Å². The molecule has 0 aliphatic heterocycles. The summed E-state index contributed by atoms with van der Waals surface area (Å²) in [5.41, 5.74) is 0.485. The molecule has 0 saturated heterocycles. The van der Waals surface area contributed by atoms with Gasteiger partial charge in [0.15, 0.2) is 0 Å². The Bertz CT molecular complexity index is 167. The second-order valence-electron chi connectivity index (χ2n) is 6.59. The number of hydrogen-bond donors (Lipinski definition) is 0. The summed E-state index contributed by atoms with van der Waals surface area (Å²) in [6.45, 7) is 19.1. The zero-order valence-corrected chi connectivity index (χ0v) is 12.2. The van der Waals surface area contributed by atoms with E-state index in [4.69, 9.17) is 0 Å². The van der Waals surface area contributed by atoms with Crippen LogP contribution in [0.5, 0.6) is 0 Å². The topological polar surface area (TPSA) is 0 Å². The minimum atomic E-state index is 0.485. The highest BCUT2D eigenvalue weighted by atomic mass is 14.4. The highest BCUT2D eigenvalue weighted by Gasteiger charge is 2.31. The molecule has 0 saturated carbocycles. The molecule has 0 amide bonds. The third kappa shape index (κ3) is 4.57. The molecular formula is C15H32. The van der Waals surface area contributed by atoms with Crippen LogP contribution in [0, 0.1) is 29.1 Å². The molecule has 0 radical (unpaired) electrons. The predicted octanol–water partition coefficient (Wildman–Crippen LogP) is 5.38. The molecule has 0 rings (SSSR count). The van der Waals surface area contributed by atoms with E-state index in [9.17, 15) is 0 Å². The molecule has 3 unspecified atom stereocenters. The predicted molar refractivity (Wildman–Crippen MR) is 71.0 cm³/mol. The first-order valence-electron chi connectivity index (χ1n) is 6.72. The van der Waals surface area contributed by atoms with Gasteiger partial charge in [0.1, 0.15) is 0 Å². The maximum absolute atomic E-state index is 2.45. The smallest absolute Gasteiger partial charge is 0.0323 e. The largest absolute Gasteiger partial charge is 0.0651 e. The third-order valence-electron chi connectivity index (χ3n) is 4.72. The Hall–Kier alpha value is 0. The fourth-order valence-electron chi connectivity index (χ4n) is 2.38. The van der Waals surface area contributed by atoms with E-state index in [1.807, 2.05) is 0 Å². The van der Waals surface area contributed by atoms with Crippen molar-refractivity contribution in [2.45, 2.75) is 68.2 Å². The fourth-order valence-corrected chi connectivity index (χ4v) is 2.38. The van der Waals surface area contributed by atoms with Gasteiger partial charge in [0.25, 0.3) is 0 Å². The van der Waals surface area contributed by atoms with E-state index in [-0.39, 0.29) is 0 Å². The van der Waals surface area contributed by atoms with Gasteiger partial charge in [-0.25, -0.2) is 0 Å². The van der Waals surface area contributed by atoms with Crippen LogP contribution in [0.15, 0.2) is 0 Å². The van der Waals surface area contributed by atoms with Crippen molar-refractivity contribution in [1.29, 1.82) is 0 Å². The first kappa shape index (κ1) is 15.0. The van der Waals surface area contributed by atoms with Gasteiger partial charge in [-0.3, -0.25) is 0 Å². The second-order valence-corrected chi connectivity index (χ2v) is 6.59. The quantitative estimate of drug-likeness (QED) is 0.554. The Morgan fingerprint density at radius 1 is 0.867 bits per heavy atom. The van der Waals surface area contributed by atoms with E-state index in [0.29, 0.717) is 5.41 Å². The lowest BCUT2D eigenvalue weighted by molar-refractivity contribution is 0.116. The molecule has 0 aromatic heterocycles. The van der Waals surface area contributed by atoms with Crippen molar-refractivity contribution in [1.82, 2.24) is 0 Å². The molecule has 0 aliphatic carbocycles. The minimum absolute atomic E-state index is 0.485. The monoisotopic (exact) mass is 212 g/mol. The zero-order chi connectivity index (χ0) is 12.2. The molecule has 0 N–H and O–H groups in total. The number of rotatable bonds is 6. The van der Waals surface area contributed by atoms with Crippen molar-refractivity contribution in [3.05, 3.63) is 0 Å². The molecule has 0 fully saturated rings. The minimum Gasteiger partial charge on any atom is -0.0651 e. The number of hydrogen-bond acceptors (Lipinski definition) is 0. The van der Waals surface area contributed by atoms with Gasteiger partial charge in [-0.05, 0) is 35.5 Å². The standard InChI is InChI=1S/C15H32/c1-9-12(4)14(6)15(7,8)10-13(5)11(2)3/h11-14H,9-10H2,1-8H3. The lowest BCUT2D eigenvalue weighted by atomic mass is 9.67. The van der Waals surface area contributed by atoms with Crippen LogP contribution in [-0.4, -0.2) is 0 Å². The van der Waals surface area contributed by atoms with E-state index >= 15 is 0 Å². The maximum atomic E-state index is 2.45. The van der Waals surface area contributed by atoms with Crippen molar-refractivity contribution < 1.29 is 0 Å². The SMILES string of the molecule is CCC(C)C(C)C(C)(C)CC(C)C(C)C. The molecule has 0 nitrogen and oxygen atoms in total. The van der Waals surface area contributed by atoms with Crippen LogP contribution < -0.4 is 0 Å². The van der Waals surface area contributed by atoms with Crippen molar-refractivity contribution in [3.8, 4) is 0 Å². The Balaban J connectivity index is 4.39. The summed E-state index contributed by atoms with van der Waals surface area (Å²) < 4.78 is 0. The molecule has 15 heavy (non-hydrogen) atoms. The average Bonchev–Trinajstić information content (AvgIpc) is 2.14. The van der Waals surface area contributed by atoms with E-state index < -0.39 is 0 Å². The Labute approximate surface area is 97.8 Å². The molecule has 0 aromatic carbocycles. The third-order valence-corrected chi connectivity index (χ3v) is 4.72. The van der Waals surface area contributed by atoms with Gasteiger partial charge in [-0.1, -0.05) is 61.8 Å². The van der Waals surface area contributed by atoms with E-state index in [1.54, 1.807) is 0 Å². The summed E-state index contributed by atoms with van der Waals surface area (Å²) in [6.07, 6.45) is 2.66. The maximum Gasteiger partial charge on any atom is -0.0323 e. The summed E-state index contributed by atoms with van der Waals surface area (Å²) in [6, 6.07) is 0. The molecule has 0 aromatic rings. The zero-order valence-electron chi connectivity index (χ0n) is 12.2. The van der Waals surface area contributed by atoms with Gasteiger partial charge in [-0.2, -0.15) is 0 Å². The van der Waals surface area contributed by atoms with Crippen LogP contribution in [0.4, 0.5) is 0 Å². The first-order chi connectivity index (χ1) is 6.72. The van der Waals surface area contributed by atoms with Crippen LogP contribution >= 0.6 is 0 Å². The molecule has 0 heterocycles. The summed E-state index contributed by atoms with van der Waals surface area (Å²) in [5, 5.41) is 0. The molecule has 0 spiro atoms. The molecule has 92 valence electrons. The Morgan fingerprint density at radius 3 is 1.67 bits per heavy atom. The molecule has 0 heteroatoms.